The molecule has 7 nitrogen and oxygen atoms in total. The van der Waals surface area contributed by atoms with E-state index in [0.29, 0.717) is 18.4 Å². The number of likely N-dealkylation sites (tertiary alicyclic amines) is 1. The van der Waals surface area contributed by atoms with Gasteiger partial charge in [0.15, 0.2) is 0 Å². The molecule has 2 fully saturated rings. The predicted octanol–water partition coefficient (Wildman–Crippen LogP) is 3.91. The standard InChI is InChI=1S/C24H43N3O4/c1-16(2)20(28)27(17-10-12-24(6,7)13-11-17)18-14-19(21(29)25(8)9)26(15-18)22(30)31-23(3,4)5/h16-19H,10-15H2,1-9H3/t18-,19-/m0/s1. The van der Waals surface area contributed by atoms with Crippen molar-refractivity contribution in [2.75, 3.05) is 20.6 Å². The van der Waals surface area contributed by atoms with Crippen LogP contribution in [0.4, 0.5) is 4.79 Å². The summed E-state index contributed by atoms with van der Waals surface area (Å²) in [6, 6.07) is -0.638. The van der Waals surface area contributed by atoms with Crippen LogP contribution in [0.25, 0.3) is 0 Å². The van der Waals surface area contributed by atoms with Crippen LogP contribution in [0, 0.1) is 11.3 Å². The lowest BCUT2D eigenvalue weighted by Crippen LogP contribution is -2.52. The third kappa shape index (κ3) is 6.36. The summed E-state index contributed by atoms with van der Waals surface area (Å²) in [4.78, 5) is 44.3. The van der Waals surface area contributed by atoms with Crippen molar-refractivity contribution in [2.45, 2.75) is 104 Å². The Hall–Kier alpha value is -1.79. The van der Waals surface area contributed by atoms with Crippen LogP contribution in [0.5, 0.6) is 0 Å². The van der Waals surface area contributed by atoms with Gasteiger partial charge in [0.25, 0.3) is 0 Å². The Balaban J connectivity index is 2.32. The lowest BCUT2D eigenvalue weighted by Gasteiger charge is -2.43. The Morgan fingerprint density at radius 3 is 2.03 bits per heavy atom. The van der Waals surface area contributed by atoms with Gasteiger partial charge in [-0.3, -0.25) is 14.5 Å². The molecule has 178 valence electrons. The van der Waals surface area contributed by atoms with E-state index in [1.54, 1.807) is 14.1 Å². The Morgan fingerprint density at radius 1 is 1.03 bits per heavy atom. The van der Waals surface area contributed by atoms with E-state index in [4.69, 9.17) is 4.74 Å². The van der Waals surface area contributed by atoms with Gasteiger partial charge >= 0.3 is 6.09 Å². The summed E-state index contributed by atoms with van der Waals surface area (Å²) in [6.07, 6.45) is 4.03. The van der Waals surface area contributed by atoms with Gasteiger partial charge in [-0.25, -0.2) is 4.79 Å². The van der Waals surface area contributed by atoms with E-state index in [1.165, 1.54) is 9.80 Å². The van der Waals surface area contributed by atoms with Crippen molar-refractivity contribution >= 4 is 17.9 Å². The monoisotopic (exact) mass is 437 g/mol. The van der Waals surface area contributed by atoms with E-state index < -0.39 is 17.7 Å². The minimum atomic E-state index is -0.650. The molecule has 1 heterocycles. The summed E-state index contributed by atoms with van der Waals surface area (Å²) >= 11 is 0. The molecule has 0 aromatic carbocycles. The molecule has 2 atom stereocenters. The fourth-order valence-corrected chi connectivity index (χ4v) is 4.69. The molecular weight excluding hydrogens is 394 g/mol. The summed E-state index contributed by atoms with van der Waals surface area (Å²) in [5, 5.41) is 0. The van der Waals surface area contributed by atoms with Crippen LogP contribution in [0.2, 0.25) is 0 Å². The second-order valence-corrected chi connectivity index (χ2v) is 11.6. The van der Waals surface area contributed by atoms with Crippen LogP contribution in [0.15, 0.2) is 0 Å². The van der Waals surface area contributed by atoms with Gasteiger partial charge in [-0.1, -0.05) is 27.7 Å². The molecule has 2 aliphatic rings. The number of amides is 3. The average molecular weight is 438 g/mol. The van der Waals surface area contributed by atoms with Crippen molar-refractivity contribution < 1.29 is 19.1 Å². The molecule has 3 amide bonds. The van der Waals surface area contributed by atoms with E-state index >= 15 is 0 Å². The normalized spacial score (nSPS) is 24.3. The fourth-order valence-electron chi connectivity index (χ4n) is 4.69. The highest BCUT2D eigenvalue weighted by atomic mass is 16.6. The number of hydrogen-bond acceptors (Lipinski definition) is 4. The molecule has 1 saturated carbocycles. The number of nitrogens with zero attached hydrogens (tertiary/aromatic N) is 3. The lowest BCUT2D eigenvalue weighted by atomic mass is 9.75. The quantitative estimate of drug-likeness (QED) is 0.669. The Bertz CT molecular complexity index is 671. The number of rotatable bonds is 4. The second-order valence-electron chi connectivity index (χ2n) is 11.6. The van der Waals surface area contributed by atoms with E-state index in [0.717, 1.165) is 25.7 Å². The second kappa shape index (κ2) is 9.37. The maximum absolute atomic E-state index is 13.3. The molecule has 0 bridgehead atoms. The van der Waals surface area contributed by atoms with Crippen molar-refractivity contribution in [3.8, 4) is 0 Å². The maximum Gasteiger partial charge on any atom is 0.411 e. The van der Waals surface area contributed by atoms with E-state index in [1.807, 2.05) is 39.5 Å². The zero-order valence-electron chi connectivity index (χ0n) is 21.0. The molecule has 1 saturated heterocycles. The van der Waals surface area contributed by atoms with Gasteiger partial charge in [-0.15, -0.1) is 0 Å². The molecule has 31 heavy (non-hydrogen) atoms. The number of hydrogen-bond donors (Lipinski definition) is 0. The van der Waals surface area contributed by atoms with Crippen LogP contribution in [-0.2, 0) is 14.3 Å². The zero-order chi connectivity index (χ0) is 23.7. The van der Waals surface area contributed by atoms with Crippen molar-refractivity contribution in [3.63, 3.8) is 0 Å². The first-order valence-corrected chi connectivity index (χ1v) is 11.7. The van der Waals surface area contributed by atoms with Crippen LogP contribution in [0.3, 0.4) is 0 Å². The molecule has 7 heteroatoms. The zero-order valence-corrected chi connectivity index (χ0v) is 21.0. The molecule has 0 spiro atoms. The van der Waals surface area contributed by atoms with E-state index in [-0.39, 0.29) is 29.8 Å². The number of carbonyl (C=O) groups is 3. The fraction of sp³-hybridized carbons (Fsp3) is 0.875. The minimum Gasteiger partial charge on any atom is -0.444 e. The molecule has 1 aliphatic heterocycles. The highest BCUT2D eigenvalue weighted by Crippen LogP contribution is 2.39. The third-order valence-corrected chi connectivity index (χ3v) is 6.48. The van der Waals surface area contributed by atoms with Crippen LogP contribution >= 0.6 is 0 Å². The molecular formula is C24H43N3O4. The van der Waals surface area contributed by atoms with E-state index in [2.05, 4.69) is 13.8 Å². The molecule has 0 aromatic heterocycles. The average Bonchev–Trinajstić information content (AvgIpc) is 3.05. The Kier molecular flexibility index (Phi) is 7.70. The third-order valence-electron chi connectivity index (χ3n) is 6.48. The molecule has 0 aromatic rings. The maximum atomic E-state index is 13.3. The van der Waals surface area contributed by atoms with Crippen LogP contribution in [0.1, 0.15) is 80.6 Å². The SMILES string of the molecule is CC(C)C(=O)N(C1CCC(C)(C)CC1)[C@H]1C[C@@H](C(=O)N(C)C)N(C(=O)OC(C)(C)C)C1. The number of likely N-dealkylation sites (N-methyl/N-ethyl adjacent to an activating group) is 1. The molecule has 0 radical (unpaired) electrons. The first kappa shape index (κ1) is 25.5. The van der Waals surface area contributed by atoms with Gasteiger partial charge in [0, 0.05) is 32.6 Å². The first-order chi connectivity index (χ1) is 14.1. The highest BCUT2D eigenvalue weighted by molar-refractivity contribution is 5.87. The summed E-state index contributed by atoms with van der Waals surface area (Å²) < 4.78 is 5.60. The Labute approximate surface area is 188 Å². The van der Waals surface area contributed by atoms with Crippen molar-refractivity contribution in [2.24, 2.45) is 11.3 Å². The van der Waals surface area contributed by atoms with Gasteiger partial charge in [0.05, 0.1) is 6.04 Å². The molecule has 1 aliphatic carbocycles. The van der Waals surface area contributed by atoms with Gasteiger partial charge in [0.2, 0.25) is 11.8 Å². The van der Waals surface area contributed by atoms with Crippen LogP contribution < -0.4 is 0 Å². The summed E-state index contributed by atoms with van der Waals surface area (Å²) in [5.74, 6) is -0.152. The van der Waals surface area contributed by atoms with Gasteiger partial charge in [0.1, 0.15) is 11.6 Å². The lowest BCUT2D eigenvalue weighted by molar-refractivity contribution is -0.141. The van der Waals surface area contributed by atoms with Crippen molar-refractivity contribution in [1.82, 2.24) is 14.7 Å². The topological polar surface area (TPSA) is 70.2 Å². The van der Waals surface area contributed by atoms with Crippen LogP contribution in [-0.4, -0.2) is 77.0 Å². The largest absolute Gasteiger partial charge is 0.444 e. The van der Waals surface area contributed by atoms with Gasteiger partial charge in [-0.05, 0) is 58.3 Å². The van der Waals surface area contributed by atoms with Crippen molar-refractivity contribution in [1.29, 1.82) is 0 Å². The first-order valence-electron chi connectivity index (χ1n) is 11.7. The molecule has 0 unspecified atom stereocenters. The highest BCUT2D eigenvalue weighted by Gasteiger charge is 2.47. The van der Waals surface area contributed by atoms with Gasteiger partial charge in [-0.2, -0.15) is 0 Å². The predicted molar refractivity (Wildman–Crippen MR) is 122 cm³/mol. The minimum absolute atomic E-state index is 0.108. The molecule has 2 rings (SSSR count). The van der Waals surface area contributed by atoms with Crippen molar-refractivity contribution in [3.05, 3.63) is 0 Å². The smallest absolute Gasteiger partial charge is 0.411 e. The summed E-state index contributed by atoms with van der Waals surface area (Å²) in [5.41, 5.74) is -0.353. The van der Waals surface area contributed by atoms with Gasteiger partial charge < -0.3 is 14.5 Å². The Morgan fingerprint density at radius 2 is 1.58 bits per heavy atom. The number of carbonyl (C=O) groups excluding carboxylic acids is 3. The van der Waals surface area contributed by atoms with E-state index in [9.17, 15) is 14.4 Å². The summed E-state index contributed by atoms with van der Waals surface area (Å²) in [6.45, 7) is 14.2. The molecule has 0 N–H and O–H groups in total. The summed E-state index contributed by atoms with van der Waals surface area (Å²) in [7, 11) is 3.40. The number of ether oxygens (including phenoxy) is 1.